The first kappa shape index (κ1) is 24.4. The third kappa shape index (κ3) is 5.87. The van der Waals surface area contributed by atoms with Gasteiger partial charge < -0.3 is 28.7 Å². The van der Waals surface area contributed by atoms with E-state index in [0.717, 1.165) is 5.52 Å². The molecule has 1 unspecified atom stereocenters. The normalized spacial score (nSPS) is 18.5. The minimum atomic E-state index is -1.40. The number of H-pyrrole nitrogens is 1. The van der Waals surface area contributed by atoms with Crippen molar-refractivity contribution in [1.29, 1.82) is 0 Å². The number of nitrogens with zero attached hydrogens (tertiary/aromatic N) is 2. The molecule has 0 bridgehead atoms. The zero-order chi connectivity index (χ0) is 22.1. The number of fused-ring (bicyclic) bond motifs is 2. The number of imidazole rings is 1. The van der Waals surface area contributed by atoms with E-state index in [9.17, 15) is 4.21 Å². The smallest absolute Gasteiger partial charge is 0.197 e. The molecule has 1 aromatic carbocycles. The molecule has 1 fully saturated rings. The first-order valence-electron chi connectivity index (χ1n) is 10.5. The maximum atomic E-state index is 12.9. The molecule has 3 aromatic rings. The molecule has 11 heteroatoms. The van der Waals surface area contributed by atoms with E-state index in [2.05, 4.69) is 15.0 Å². The summed E-state index contributed by atoms with van der Waals surface area (Å²) in [5.74, 6) is 1.81. The van der Waals surface area contributed by atoms with Crippen molar-refractivity contribution in [2.45, 2.75) is 30.5 Å². The molecule has 0 saturated carbocycles. The quantitative estimate of drug-likeness (QED) is 0.535. The van der Waals surface area contributed by atoms with Crippen molar-refractivity contribution in [3.63, 3.8) is 0 Å². The summed E-state index contributed by atoms with van der Waals surface area (Å²) >= 11 is 0. The second-order valence-electron chi connectivity index (χ2n) is 8.23. The van der Waals surface area contributed by atoms with E-state index in [-0.39, 0.29) is 41.2 Å². The topological polar surface area (TPSA) is 105 Å². The van der Waals surface area contributed by atoms with Gasteiger partial charge in [-0.05, 0) is 19.9 Å². The second kappa shape index (κ2) is 10.3. The molecule has 0 spiro atoms. The number of benzene rings is 1. The molecule has 5 rings (SSSR count). The zero-order valence-electron chi connectivity index (χ0n) is 19.0. The van der Waals surface area contributed by atoms with Crippen LogP contribution in [-0.2, 0) is 26.0 Å². The number of rotatable bonds is 6. The second-order valence-corrected chi connectivity index (χ2v) is 9.59. The van der Waals surface area contributed by atoms with E-state index in [4.69, 9.17) is 23.7 Å². The van der Waals surface area contributed by atoms with E-state index < -0.39 is 16.6 Å². The summed E-state index contributed by atoms with van der Waals surface area (Å²) < 4.78 is 41.3. The van der Waals surface area contributed by atoms with Gasteiger partial charge in [-0.25, -0.2) is 4.98 Å². The Hall–Kier alpha value is -1.69. The summed E-state index contributed by atoms with van der Waals surface area (Å²) in [6.45, 7) is 6.45. The molecule has 0 amide bonds. The van der Waals surface area contributed by atoms with Gasteiger partial charge in [0.2, 0.25) is 0 Å². The van der Waals surface area contributed by atoms with Crippen LogP contribution in [0.4, 0.5) is 0 Å². The molecule has 4 heterocycles. The fourth-order valence-corrected chi connectivity index (χ4v) is 4.48. The number of hydrogen-bond donors (Lipinski definition) is 1. The molecule has 2 aliphatic heterocycles. The fraction of sp³-hybridized carbons (Fsp3) is 0.455. The minimum Gasteiger partial charge on any atom is -0.493 e. The molecule has 1 N–H and O–H groups in total. The molecule has 33 heavy (non-hydrogen) atoms. The molecule has 1 atom stereocenters. The SMILES string of the molecule is CC1(C)OCC(COc2ccnc(CS(=O)c3nc4cc5c(cc4[nH]3)OCCO5)c2)CO1.[Na]. The van der Waals surface area contributed by atoms with Gasteiger partial charge in [-0.3, -0.25) is 9.19 Å². The van der Waals surface area contributed by atoms with Crippen LogP contribution >= 0.6 is 0 Å². The van der Waals surface area contributed by atoms with Crippen LogP contribution in [0.1, 0.15) is 19.5 Å². The summed E-state index contributed by atoms with van der Waals surface area (Å²) in [6, 6.07) is 7.21. The van der Waals surface area contributed by atoms with Crippen LogP contribution < -0.4 is 14.2 Å². The monoisotopic (exact) mass is 482 g/mol. The van der Waals surface area contributed by atoms with Crippen molar-refractivity contribution < 1.29 is 27.9 Å². The Morgan fingerprint density at radius 3 is 2.64 bits per heavy atom. The van der Waals surface area contributed by atoms with Crippen molar-refractivity contribution in [1.82, 2.24) is 15.0 Å². The van der Waals surface area contributed by atoms with Crippen molar-refractivity contribution in [3.05, 3.63) is 36.2 Å². The van der Waals surface area contributed by atoms with Crippen molar-refractivity contribution in [2.24, 2.45) is 5.92 Å². The maximum Gasteiger partial charge on any atom is 0.197 e. The van der Waals surface area contributed by atoms with Crippen LogP contribution in [0.3, 0.4) is 0 Å². The van der Waals surface area contributed by atoms with Crippen LogP contribution in [0.5, 0.6) is 17.2 Å². The van der Waals surface area contributed by atoms with Crippen molar-refractivity contribution >= 4 is 51.4 Å². The third-order valence-electron chi connectivity index (χ3n) is 5.23. The first-order valence-corrected chi connectivity index (χ1v) is 11.8. The van der Waals surface area contributed by atoms with Crippen LogP contribution in [0.25, 0.3) is 11.0 Å². The molecule has 9 nitrogen and oxygen atoms in total. The average Bonchev–Trinajstić information content (AvgIpc) is 3.20. The van der Waals surface area contributed by atoms with Gasteiger partial charge in [0.1, 0.15) is 19.0 Å². The fourth-order valence-electron chi connectivity index (χ4n) is 3.50. The van der Waals surface area contributed by atoms with Crippen LogP contribution in [-0.4, -0.2) is 87.5 Å². The van der Waals surface area contributed by atoms with Gasteiger partial charge in [-0.1, -0.05) is 0 Å². The van der Waals surface area contributed by atoms with E-state index >= 15 is 0 Å². The Morgan fingerprint density at radius 2 is 1.88 bits per heavy atom. The van der Waals surface area contributed by atoms with Gasteiger partial charge in [0, 0.05) is 59.9 Å². The largest absolute Gasteiger partial charge is 0.493 e. The molecule has 2 aromatic heterocycles. The van der Waals surface area contributed by atoms with E-state index in [0.29, 0.717) is 66.7 Å². The Kier molecular flexibility index (Phi) is 7.62. The first-order chi connectivity index (χ1) is 15.4. The molecule has 2 aliphatic rings. The van der Waals surface area contributed by atoms with E-state index in [1.807, 2.05) is 19.9 Å². The van der Waals surface area contributed by atoms with Crippen LogP contribution in [0, 0.1) is 5.92 Å². The van der Waals surface area contributed by atoms with Crippen molar-refractivity contribution in [2.75, 3.05) is 33.0 Å². The molecule has 0 aliphatic carbocycles. The molecule has 1 saturated heterocycles. The number of nitrogens with one attached hydrogen (secondary N) is 1. The molecular formula is C22H25N3NaO6S. The van der Waals surface area contributed by atoms with Gasteiger partial charge in [-0.2, -0.15) is 0 Å². The Bertz CT molecular complexity index is 1100. The third-order valence-corrected chi connectivity index (χ3v) is 6.41. The predicted molar refractivity (Wildman–Crippen MR) is 122 cm³/mol. The summed E-state index contributed by atoms with van der Waals surface area (Å²) in [4.78, 5) is 11.9. The predicted octanol–water partition coefficient (Wildman–Crippen LogP) is 2.43. The van der Waals surface area contributed by atoms with Crippen LogP contribution in [0.2, 0.25) is 0 Å². The Morgan fingerprint density at radius 1 is 1.15 bits per heavy atom. The number of hydrogen-bond acceptors (Lipinski definition) is 8. The number of ether oxygens (including phenoxy) is 5. The van der Waals surface area contributed by atoms with Gasteiger partial charge in [-0.15, -0.1) is 0 Å². The van der Waals surface area contributed by atoms with Gasteiger partial charge in [0.25, 0.3) is 0 Å². The van der Waals surface area contributed by atoms with Gasteiger partial charge in [0.05, 0.1) is 53.1 Å². The summed E-state index contributed by atoms with van der Waals surface area (Å²) in [5.41, 5.74) is 2.09. The summed E-state index contributed by atoms with van der Waals surface area (Å²) in [5, 5.41) is 0.384. The zero-order valence-corrected chi connectivity index (χ0v) is 21.8. The summed E-state index contributed by atoms with van der Waals surface area (Å²) in [6.07, 6.45) is 1.65. The summed E-state index contributed by atoms with van der Waals surface area (Å²) in [7, 11) is -1.40. The van der Waals surface area contributed by atoms with E-state index in [1.165, 1.54) is 0 Å². The number of pyridine rings is 1. The van der Waals surface area contributed by atoms with Crippen LogP contribution in [0.15, 0.2) is 35.6 Å². The minimum absolute atomic E-state index is 0. The van der Waals surface area contributed by atoms with Gasteiger partial charge in [0.15, 0.2) is 22.4 Å². The maximum absolute atomic E-state index is 12.9. The molecular weight excluding hydrogens is 457 g/mol. The molecule has 1 radical (unpaired) electrons. The molecule has 171 valence electrons. The number of aromatic amines is 1. The Labute approximate surface area is 216 Å². The standard InChI is InChI=1S/C22H25N3O6S.Na/c1-22(2)30-11-14(12-31-22)10-29-16-3-4-23-15(7-16)13-32(26)21-24-17-8-19-20(9-18(17)25-21)28-6-5-27-19;/h3-4,7-9,14H,5-6,10-13H2,1-2H3,(H,24,25);. The van der Waals surface area contributed by atoms with E-state index in [1.54, 1.807) is 24.4 Å². The average molecular weight is 483 g/mol. The number of aromatic nitrogens is 3. The van der Waals surface area contributed by atoms with Gasteiger partial charge >= 0.3 is 0 Å². The Balaban J connectivity index is 0.00000259. The van der Waals surface area contributed by atoms with Crippen molar-refractivity contribution in [3.8, 4) is 17.2 Å².